The molecular formula is C13H16O2. The smallest absolute Gasteiger partial charge is 0.173 e. The minimum atomic E-state index is -0.312. The van der Waals surface area contributed by atoms with Gasteiger partial charge in [0.15, 0.2) is 5.79 Å². The SMILES string of the molecule is C[C@H]1CO[C@@]2(Cc3ccccc3CO2)C1. The van der Waals surface area contributed by atoms with Crippen LogP contribution in [0.4, 0.5) is 0 Å². The first-order chi connectivity index (χ1) is 7.27. The molecule has 0 N–H and O–H groups in total. The molecule has 80 valence electrons. The molecule has 0 amide bonds. The van der Waals surface area contributed by atoms with E-state index < -0.39 is 0 Å². The fourth-order valence-corrected chi connectivity index (χ4v) is 2.59. The van der Waals surface area contributed by atoms with Crippen molar-refractivity contribution in [2.24, 2.45) is 5.92 Å². The molecule has 0 radical (unpaired) electrons. The molecule has 1 saturated heterocycles. The third kappa shape index (κ3) is 1.58. The second-order valence-electron chi connectivity index (χ2n) is 4.77. The van der Waals surface area contributed by atoms with Gasteiger partial charge < -0.3 is 9.47 Å². The van der Waals surface area contributed by atoms with Crippen LogP contribution in [0.25, 0.3) is 0 Å². The van der Waals surface area contributed by atoms with Gasteiger partial charge in [0.1, 0.15) is 0 Å². The lowest BCUT2D eigenvalue weighted by molar-refractivity contribution is -0.223. The van der Waals surface area contributed by atoms with Crippen LogP contribution in [0.2, 0.25) is 0 Å². The highest BCUT2D eigenvalue weighted by Crippen LogP contribution is 2.38. The van der Waals surface area contributed by atoms with Gasteiger partial charge in [-0.3, -0.25) is 0 Å². The van der Waals surface area contributed by atoms with E-state index in [1.807, 2.05) is 0 Å². The summed E-state index contributed by atoms with van der Waals surface area (Å²) in [5.41, 5.74) is 2.70. The van der Waals surface area contributed by atoms with Crippen molar-refractivity contribution in [2.75, 3.05) is 6.61 Å². The second-order valence-corrected chi connectivity index (χ2v) is 4.77. The summed E-state index contributed by atoms with van der Waals surface area (Å²) < 4.78 is 11.7. The summed E-state index contributed by atoms with van der Waals surface area (Å²) in [5, 5.41) is 0. The summed E-state index contributed by atoms with van der Waals surface area (Å²) in [6.45, 7) is 3.75. The van der Waals surface area contributed by atoms with Crippen LogP contribution in [0.5, 0.6) is 0 Å². The van der Waals surface area contributed by atoms with Gasteiger partial charge in [0, 0.05) is 12.8 Å². The van der Waals surface area contributed by atoms with Crippen LogP contribution < -0.4 is 0 Å². The van der Waals surface area contributed by atoms with Crippen LogP contribution in [0.1, 0.15) is 24.5 Å². The second kappa shape index (κ2) is 3.32. The van der Waals surface area contributed by atoms with Crippen LogP contribution in [0.3, 0.4) is 0 Å². The molecule has 2 nitrogen and oxygen atoms in total. The highest BCUT2D eigenvalue weighted by Gasteiger charge is 2.42. The number of benzene rings is 1. The number of ether oxygens (including phenoxy) is 2. The van der Waals surface area contributed by atoms with E-state index in [1.54, 1.807) is 0 Å². The molecule has 0 aromatic heterocycles. The molecule has 2 aliphatic rings. The first-order valence-corrected chi connectivity index (χ1v) is 5.62. The van der Waals surface area contributed by atoms with Crippen molar-refractivity contribution in [2.45, 2.75) is 32.2 Å². The summed E-state index contributed by atoms with van der Waals surface area (Å²) in [4.78, 5) is 0. The summed E-state index contributed by atoms with van der Waals surface area (Å²) in [6.07, 6.45) is 1.94. The lowest BCUT2D eigenvalue weighted by Gasteiger charge is -2.34. The molecule has 2 heterocycles. The Bertz CT molecular complexity index is 375. The Kier molecular flexibility index (Phi) is 2.08. The van der Waals surface area contributed by atoms with E-state index in [-0.39, 0.29) is 5.79 Å². The zero-order valence-electron chi connectivity index (χ0n) is 9.03. The van der Waals surface area contributed by atoms with Crippen molar-refractivity contribution in [3.8, 4) is 0 Å². The Labute approximate surface area is 90.2 Å². The van der Waals surface area contributed by atoms with Gasteiger partial charge in [0.2, 0.25) is 0 Å². The summed E-state index contributed by atoms with van der Waals surface area (Å²) in [7, 11) is 0. The molecule has 1 spiro atoms. The van der Waals surface area contributed by atoms with Crippen LogP contribution >= 0.6 is 0 Å². The molecule has 0 saturated carbocycles. The molecule has 3 rings (SSSR count). The number of rotatable bonds is 0. The normalized spacial score (nSPS) is 34.3. The van der Waals surface area contributed by atoms with Gasteiger partial charge in [-0.05, 0) is 17.0 Å². The van der Waals surface area contributed by atoms with Crippen molar-refractivity contribution in [1.82, 2.24) is 0 Å². The number of hydrogen-bond donors (Lipinski definition) is 0. The number of fused-ring (bicyclic) bond motifs is 1. The molecule has 15 heavy (non-hydrogen) atoms. The largest absolute Gasteiger partial charge is 0.349 e. The first-order valence-electron chi connectivity index (χ1n) is 5.62. The fourth-order valence-electron chi connectivity index (χ4n) is 2.59. The van der Waals surface area contributed by atoms with Crippen molar-refractivity contribution < 1.29 is 9.47 Å². The average Bonchev–Trinajstić information content (AvgIpc) is 2.60. The van der Waals surface area contributed by atoms with E-state index in [2.05, 4.69) is 31.2 Å². The topological polar surface area (TPSA) is 18.5 Å². The van der Waals surface area contributed by atoms with Crippen LogP contribution in [0.15, 0.2) is 24.3 Å². The van der Waals surface area contributed by atoms with Crippen molar-refractivity contribution in [1.29, 1.82) is 0 Å². The van der Waals surface area contributed by atoms with E-state index in [0.717, 1.165) is 19.4 Å². The van der Waals surface area contributed by atoms with Crippen LogP contribution in [0, 0.1) is 5.92 Å². The van der Waals surface area contributed by atoms with Gasteiger partial charge in [0.05, 0.1) is 13.2 Å². The molecule has 2 heteroatoms. The van der Waals surface area contributed by atoms with Gasteiger partial charge in [-0.25, -0.2) is 0 Å². The van der Waals surface area contributed by atoms with Gasteiger partial charge in [-0.1, -0.05) is 31.2 Å². The van der Waals surface area contributed by atoms with E-state index >= 15 is 0 Å². The summed E-state index contributed by atoms with van der Waals surface area (Å²) in [6, 6.07) is 8.49. The lowest BCUT2D eigenvalue weighted by Crippen LogP contribution is -2.37. The fraction of sp³-hybridized carbons (Fsp3) is 0.538. The maximum atomic E-state index is 5.90. The average molecular weight is 204 g/mol. The Balaban J connectivity index is 1.89. The Morgan fingerprint density at radius 3 is 2.73 bits per heavy atom. The third-order valence-corrected chi connectivity index (χ3v) is 3.36. The Morgan fingerprint density at radius 1 is 1.20 bits per heavy atom. The van der Waals surface area contributed by atoms with Gasteiger partial charge in [-0.15, -0.1) is 0 Å². The predicted octanol–water partition coefficient (Wildman–Crippen LogP) is 2.51. The number of hydrogen-bond acceptors (Lipinski definition) is 2. The summed E-state index contributed by atoms with van der Waals surface area (Å²) in [5.74, 6) is 0.309. The maximum absolute atomic E-state index is 5.90. The Hall–Kier alpha value is -0.860. The molecule has 0 unspecified atom stereocenters. The van der Waals surface area contributed by atoms with Crippen molar-refractivity contribution in [3.05, 3.63) is 35.4 Å². The predicted molar refractivity (Wildman–Crippen MR) is 57.4 cm³/mol. The third-order valence-electron chi connectivity index (χ3n) is 3.36. The van der Waals surface area contributed by atoms with Crippen LogP contribution in [-0.4, -0.2) is 12.4 Å². The molecule has 2 atom stereocenters. The van der Waals surface area contributed by atoms with Gasteiger partial charge in [-0.2, -0.15) is 0 Å². The molecule has 0 bridgehead atoms. The zero-order chi connectivity index (χ0) is 10.3. The maximum Gasteiger partial charge on any atom is 0.173 e. The quantitative estimate of drug-likeness (QED) is 0.646. The minimum absolute atomic E-state index is 0.312. The van der Waals surface area contributed by atoms with E-state index in [0.29, 0.717) is 12.5 Å². The minimum Gasteiger partial charge on any atom is -0.349 e. The summed E-state index contributed by atoms with van der Waals surface area (Å²) >= 11 is 0. The monoisotopic (exact) mass is 204 g/mol. The molecule has 1 aromatic carbocycles. The van der Waals surface area contributed by atoms with E-state index in [4.69, 9.17) is 9.47 Å². The van der Waals surface area contributed by atoms with Crippen molar-refractivity contribution >= 4 is 0 Å². The van der Waals surface area contributed by atoms with Crippen molar-refractivity contribution in [3.63, 3.8) is 0 Å². The van der Waals surface area contributed by atoms with Gasteiger partial charge >= 0.3 is 0 Å². The molecule has 1 fully saturated rings. The lowest BCUT2D eigenvalue weighted by atomic mass is 9.93. The first kappa shape index (κ1) is 9.37. The molecule has 0 aliphatic carbocycles. The Morgan fingerprint density at radius 2 is 2.00 bits per heavy atom. The van der Waals surface area contributed by atoms with E-state index in [1.165, 1.54) is 11.1 Å². The highest BCUT2D eigenvalue weighted by molar-refractivity contribution is 5.29. The highest BCUT2D eigenvalue weighted by atomic mass is 16.7. The van der Waals surface area contributed by atoms with Gasteiger partial charge in [0.25, 0.3) is 0 Å². The molecule has 1 aromatic rings. The molecule has 2 aliphatic heterocycles. The van der Waals surface area contributed by atoms with Crippen LogP contribution in [-0.2, 0) is 22.5 Å². The zero-order valence-corrected chi connectivity index (χ0v) is 9.03. The molecular weight excluding hydrogens is 188 g/mol. The van der Waals surface area contributed by atoms with E-state index in [9.17, 15) is 0 Å². The standard InChI is InChI=1S/C13H16O2/c1-10-6-13(14-8-10)7-11-4-2-3-5-12(11)9-15-13/h2-5,10H,6-9H2,1H3/t10-,13+/m1/s1.